The van der Waals surface area contributed by atoms with E-state index in [1.165, 1.54) is 0 Å². The lowest BCUT2D eigenvalue weighted by atomic mass is 10.1. The summed E-state index contributed by atoms with van der Waals surface area (Å²) in [5.74, 6) is -0.0588. The number of amides is 1. The number of aldehydes is 1. The van der Waals surface area contributed by atoms with Gasteiger partial charge in [-0.3, -0.25) is 14.6 Å². The van der Waals surface area contributed by atoms with Crippen LogP contribution in [0.5, 0.6) is 0 Å². The largest absolute Gasteiger partial charge is 0.388 e. The molecule has 1 unspecified atom stereocenters. The number of fused-ring (bicyclic) bond motifs is 1. The van der Waals surface area contributed by atoms with E-state index in [2.05, 4.69) is 10.3 Å². The number of aromatic nitrogens is 1. The van der Waals surface area contributed by atoms with Gasteiger partial charge in [0, 0.05) is 42.3 Å². The van der Waals surface area contributed by atoms with E-state index in [-0.39, 0.29) is 18.5 Å². The molecule has 1 aromatic rings. The van der Waals surface area contributed by atoms with E-state index >= 15 is 0 Å². The number of rotatable bonds is 7. The number of pyridine rings is 1. The maximum atomic E-state index is 12.7. The SMILES string of the molecule is CC(C=O)=CC(=CNCCF)C(C)N1Cc2c(ccnc2C)C1=O. The van der Waals surface area contributed by atoms with E-state index in [0.717, 1.165) is 23.1 Å². The Labute approximate surface area is 141 Å². The third-order valence-electron chi connectivity index (χ3n) is 4.13. The van der Waals surface area contributed by atoms with Crippen molar-refractivity contribution in [1.82, 2.24) is 15.2 Å². The summed E-state index contributed by atoms with van der Waals surface area (Å²) in [6.07, 6.45) is 5.77. The van der Waals surface area contributed by atoms with Crippen molar-refractivity contribution in [2.45, 2.75) is 33.4 Å². The minimum Gasteiger partial charge on any atom is -0.388 e. The maximum Gasteiger partial charge on any atom is 0.255 e. The van der Waals surface area contributed by atoms with Crippen LogP contribution in [0.2, 0.25) is 0 Å². The van der Waals surface area contributed by atoms with Gasteiger partial charge in [0.15, 0.2) is 0 Å². The predicted octanol–water partition coefficient (Wildman–Crippen LogP) is 2.32. The summed E-state index contributed by atoms with van der Waals surface area (Å²) in [5.41, 5.74) is 3.73. The highest BCUT2D eigenvalue weighted by atomic mass is 19.1. The summed E-state index contributed by atoms with van der Waals surface area (Å²) in [4.78, 5) is 29.6. The monoisotopic (exact) mass is 331 g/mol. The molecule has 0 saturated carbocycles. The van der Waals surface area contributed by atoms with E-state index in [1.807, 2.05) is 13.8 Å². The van der Waals surface area contributed by atoms with E-state index in [0.29, 0.717) is 17.7 Å². The van der Waals surface area contributed by atoms with Gasteiger partial charge in [-0.15, -0.1) is 0 Å². The van der Waals surface area contributed by atoms with Crippen LogP contribution in [0.15, 0.2) is 35.7 Å². The van der Waals surface area contributed by atoms with E-state index in [9.17, 15) is 14.0 Å². The van der Waals surface area contributed by atoms with Crippen LogP contribution in [-0.2, 0) is 11.3 Å². The first-order chi connectivity index (χ1) is 11.5. The van der Waals surface area contributed by atoms with Gasteiger partial charge < -0.3 is 10.2 Å². The molecule has 1 N–H and O–H groups in total. The quantitative estimate of drug-likeness (QED) is 0.360. The summed E-state index contributed by atoms with van der Waals surface area (Å²) in [6.45, 7) is 5.63. The number of hydrogen-bond donors (Lipinski definition) is 1. The third-order valence-corrected chi connectivity index (χ3v) is 4.13. The van der Waals surface area contributed by atoms with E-state index in [1.54, 1.807) is 36.4 Å². The van der Waals surface area contributed by atoms with Gasteiger partial charge in [0.25, 0.3) is 5.91 Å². The molecule has 1 aliphatic heterocycles. The van der Waals surface area contributed by atoms with Crippen LogP contribution in [0.25, 0.3) is 0 Å². The molecule has 0 fully saturated rings. The topological polar surface area (TPSA) is 62.3 Å². The molecule has 1 aliphatic rings. The van der Waals surface area contributed by atoms with Crippen LogP contribution in [0.3, 0.4) is 0 Å². The van der Waals surface area contributed by atoms with Gasteiger partial charge in [-0.25, -0.2) is 4.39 Å². The molecule has 1 aromatic heterocycles. The Kier molecular flexibility index (Phi) is 5.84. The molecule has 0 spiro atoms. The van der Waals surface area contributed by atoms with Crippen molar-refractivity contribution in [2.75, 3.05) is 13.2 Å². The highest BCUT2D eigenvalue weighted by molar-refractivity contribution is 5.99. The molecule has 6 heteroatoms. The molecule has 0 aromatic carbocycles. The molecule has 2 heterocycles. The van der Waals surface area contributed by atoms with Crippen LogP contribution in [0.4, 0.5) is 4.39 Å². The Balaban J connectivity index is 2.29. The highest BCUT2D eigenvalue weighted by Gasteiger charge is 2.33. The first-order valence-electron chi connectivity index (χ1n) is 7.88. The van der Waals surface area contributed by atoms with Crippen molar-refractivity contribution in [3.63, 3.8) is 0 Å². The van der Waals surface area contributed by atoms with Gasteiger partial charge in [-0.2, -0.15) is 0 Å². The van der Waals surface area contributed by atoms with Crippen molar-refractivity contribution >= 4 is 12.2 Å². The number of nitrogens with one attached hydrogen (secondary N) is 1. The smallest absolute Gasteiger partial charge is 0.255 e. The van der Waals surface area contributed by atoms with Crippen LogP contribution in [0.1, 0.15) is 35.5 Å². The molecule has 2 rings (SSSR count). The minimum atomic E-state index is -0.493. The van der Waals surface area contributed by atoms with E-state index in [4.69, 9.17) is 0 Å². The zero-order valence-corrected chi connectivity index (χ0v) is 14.2. The van der Waals surface area contributed by atoms with E-state index < -0.39 is 6.67 Å². The molecule has 0 saturated heterocycles. The summed E-state index contributed by atoms with van der Waals surface area (Å²) in [7, 11) is 0. The van der Waals surface area contributed by atoms with Gasteiger partial charge in [-0.1, -0.05) is 0 Å². The lowest BCUT2D eigenvalue weighted by molar-refractivity contribution is -0.104. The molecule has 1 amide bonds. The molecule has 0 radical (unpaired) electrons. The summed E-state index contributed by atoms with van der Waals surface area (Å²) in [5, 5.41) is 2.87. The maximum absolute atomic E-state index is 12.7. The summed E-state index contributed by atoms with van der Waals surface area (Å²) in [6, 6.07) is 1.47. The fraction of sp³-hybridized carbons (Fsp3) is 0.389. The molecule has 0 bridgehead atoms. The normalized spacial score (nSPS) is 16.2. The van der Waals surface area contributed by atoms with Gasteiger partial charge in [0.05, 0.1) is 6.04 Å². The highest BCUT2D eigenvalue weighted by Crippen LogP contribution is 2.28. The Hall–Kier alpha value is -2.50. The number of alkyl halides is 1. The van der Waals surface area contributed by atoms with Crippen molar-refractivity contribution in [2.24, 2.45) is 0 Å². The lowest BCUT2D eigenvalue weighted by Gasteiger charge is -2.26. The zero-order valence-electron chi connectivity index (χ0n) is 14.2. The van der Waals surface area contributed by atoms with Gasteiger partial charge in [-0.05, 0) is 44.1 Å². The van der Waals surface area contributed by atoms with Crippen molar-refractivity contribution in [1.29, 1.82) is 0 Å². The fourth-order valence-corrected chi connectivity index (χ4v) is 2.71. The second kappa shape index (κ2) is 7.86. The molecular weight excluding hydrogens is 309 g/mol. The standard InChI is InChI=1S/C18H22FN3O2/c1-12(11-23)8-15(9-20-7-5-19)14(3)22-10-17-13(2)21-6-4-16(17)18(22)24/h4,6,8-9,11,14,20H,5,7,10H2,1-3H3. The summed E-state index contributed by atoms with van der Waals surface area (Å²) >= 11 is 0. The average molecular weight is 331 g/mol. The first-order valence-corrected chi connectivity index (χ1v) is 7.88. The van der Waals surface area contributed by atoms with Crippen LogP contribution < -0.4 is 5.32 Å². The molecular formula is C18H22FN3O2. The van der Waals surface area contributed by atoms with Crippen molar-refractivity contribution < 1.29 is 14.0 Å². The number of halogens is 1. The molecule has 24 heavy (non-hydrogen) atoms. The predicted molar refractivity (Wildman–Crippen MR) is 90.2 cm³/mol. The molecule has 128 valence electrons. The molecule has 5 nitrogen and oxygen atoms in total. The second-order valence-corrected chi connectivity index (χ2v) is 5.83. The van der Waals surface area contributed by atoms with Crippen LogP contribution >= 0.6 is 0 Å². The number of carbonyl (C=O) groups is 2. The second-order valence-electron chi connectivity index (χ2n) is 5.83. The third kappa shape index (κ3) is 3.69. The number of aryl methyl sites for hydroxylation is 1. The molecule has 1 atom stereocenters. The molecule has 0 aliphatic carbocycles. The Morgan fingerprint density at radius 1 is 1.54 bits per heavy atom. The van der Waals surface area contributed by atoms with Crippen LogP contribution in [-0.4, -0.2) is 41.3 Å². The lowest BCUT2D eigenvalue weighted by Crippen LogP contribution is -2.35. The average Bonchev–Trinajstić information content (AvgIpc) is 2.92. The zero-order chi connectivity index (χ0) is 17.7. The number of nitrogens with zero attached hydrogens (tertiary/aromatic N) is 2. The summed E-state index contributed by atoms with van der Waals surface area (Å²) < 4.78 is 12.3. The Bertz CT molecular complexity index is 698. The minimum absolute atomic E-state index is 0.0588. The number of allylic oxidation sites excluding steroid dienone is 1. The van der Waals surface area contributed by atoms with Gasteiger partial charge in [0.2, 0.25) is 0 Å². The van der Waals surface area contributed by atoms with Crippen LogP contribution in [0, 0.1) is 6.92 Å². The van der Waals surface area contributed by atoms with Crippen molar-refractivity contribution in [3.8, 4) is 0 Å². The van der Waals surface area contributed by atoms with Gasteiger partial charge in [0.1, 0.15) is 13.0 Å². The first kappa shape index (κ1) is 17.8. The van der Waals surface area contributed by atoms with Crippen molar-refractivity contribution in [3.05, 3.63) is 52.5 Å². The fourth-order valence-electron chi connectivity index (χ4n) is 2.71. The number of hydrogen-bond acceptors (Lipinski definition) is 4. The Morgan fingerprint density at radius 3 is 2.92 bits per heavy atom. The number of carbonyl (C=O) groups excluding carboxylic acids is 2. The Morgan fingerprint density at radius 2 is 2.29 bits per heavy atom. The van der Waals surface area contributed by atoms with Gasteiger partial charge >= 0.3 is 0 Å².